The number of aromatic nitrogens is 2. The number of hydrogen-bond acceptors (Lipinski definition) is 7. The van der Waals surface area contributed by atoms with Gasteiger partial charge in [-0.2, -0.15) is 0 Å². The zero-order chi connectivity index (χ0) is 21.7. The second-order valence-corrected chi connectivity index (χ2v) is 9.05. The van der Waals surface area contributed by atoms with Gasteiger partial charge < -0.3 is 9.15 Å². The highest BCUT2D eigenvalue weighted by Crippen LogP contribution is 2.18. The number of carbonyl (C=O) groups excluding carboxylic acids is 1. The SMILES string of the molecule is COc1ccc(S(=O)(=O)CC(=O)Nc2nnc(Cc3ccc(C(C)C)cc3)o2)cc1. The number of methoxy groups -OCH3 is 1. The smallest absolute Gasteiger partial charge is 0.322 e. The van der Waals surface area contributed by atoms with Crippen LogP contribution in [0.2, 0.25) is 0 Å². The van der Waals surface area contributed by atoms with Crippen LogP contribution in [0.5, 0.6) is 5.75 Å². The summed E-state index contributed by atoms with van der Waals surface area (Å²) in [5, 5.41) is 10.0. The summed E-state index contributed by atoms with van der Waals surface area (Å²) < 4.78 is 35.2. The van der Waals surface area contributed by atoms with Gasteiger partial charge >= 0.3 is 6.01 Å². The molecule has 158 valence electrons. The predicted octanol–water partition coefficient (Wildman–Crippen LogP) is 3.20. The van der Waals surface area contributed by atoms with Crippen LogP contribution in [0.3, 0.4) is 0 Å². The first-order valence-corrected chi connectivity index (χ1v) is 11.0. The molecular weight excluding hydrogens is 406 g/mol. The molecule has 0 fully saturated rings. The van der Waals surface area contributed by atoms with Gasteiger partial charge in [0, 0.05) is 0 Å². The lowest BCUT2D eigenvalue weighted by molar-refractivity contribution is -0.114. The van der Waals surface area contributed by atoms with Gasteiger partial charge in [-0.05, 0) is 41.3 Å². The van der Waals surface area contributed by atoms with Gasteiger partial charge in [-0.25, -0.2) is 8.42 Å². The van der Waals surface area contributed by atoms with E-state index in [0.717, 1.165) is 5.56 Å². The maximum absolute atomic E-state index is 12.4. The Morgan fingerprint density at radius 1 is 1.07 bits per heavy atom. The summed E-state index contributed by atoms with van der Waals surface area (Å²) in [4.78, 5) is 12.2. The minimum absolute atomic E-state index is 0.0227. The number of nitrogens with one attached hydrogen (secondary N) is 1. The average Bonchev–Trinajstić information content (AvgIpc) is 3.14. The largest absolute Gasteiger partial charge is 0.497 e. The molecule has 0 spiro atoms. The second kappa shape index (κ2) is 9.08. The predicted molar refractivity (Wildman–Crippen MR) is 111 cm³/mol. The summed E-state index contributed by atoms with van der Waals surface area (Å²) in [7, 11) is -2.33. The third-order valence-corrected chi connectivity index (χ3v) is 6.09. The first kappa shape index (κ1) is 21.5. The number of benzene rings is 2. The molecule has 1 aromatic heterocycles. The molecule has 0 aliphatic carbocycles. The number of rotatable bonds is 8. The Morgan fingerprint density at radius 2 is 1.73 bits per heavy atom. The zero-order valence-electron chi connectivity index (χ0n) is 17.0. The first-order valence-electron chi connectivity index (χ1n) is 9.34. The molecule has 1 amide bonds. The molecule has 2 aromatic carbocycles. The second-order valence-electron chi connectivity index (χ2n) is 7.06. The van der Waals surface area contributed by atoms with Crippen molar-refractivity contribution in [1.29, 1.82) is 0 Å². The van der Waals surface area contributed by atoms with E-state index in [1.54, 1.807) is 0 Å². The number of nitrogens with zero attached hydrogens (tertiary/aromatic N) is 2. The van der Waals surface area contributed by atoms with E-state index in [-0.39, 0.29) is 10.9 Å². The van der Waals surface area contributed by atoms with Crippen LogP contribution < -0.4 is 10.1 Å². The molecular formula is C21H23N3O5S. The fourth-order valence-electron chi connectivity index (χ4n) is 2.76. The highest BCUT2D eigenvalue weighted by Gasteiger charge is 2.21. The van der Waals surface area contributed by atoms with Gasteiger partial charge in [-0.1, -0.05) is 43.2 Å². The lowest BCUT2D eigenvalue weighted by atomic mass is 10.0. The molecule has 3 rings (SSSR count). The average molecular weight is 429 g/mol. The molecule has 3 aromatic rings. The molecule has 9 heteroatoms. The number of hydrogen-bond donors (Lipinski definition) is 1. The van der Waals surface area contributed by atoms with Crippen LogP contribution in [0.1, 0.15) is 36.8 Å². The molecule has 8 nitrogen and oxygen atoms in total. The summed E-state index contributed by atoms with van der Waals surface area (Å²) in [5.41, 5.74) is 2.22. The highest BCUT2D eigenvalue weighted by molar-refractivity contribution is 7.92. The molecule has 0 bridgehead atoms. The van der Waals surface area contributed by atoms with Crippen molar-refractivity contribution in [1.82, 2.24) is 10.2 Å². The van der Waals surface area contributed by atoms with Gasteiger partial charge in [0.2, 0.25) is 11.8 Å². The lowest BCUT2D eigenvalue weighted by Gasteiger charge is -2.05. The van der Waals surface area contributed by atoms with Crippen LogP contribution in [0, 0.1) is 0 Å². The fraction of sp³-hybridized carbons (Fsp3) is 0.286. The normalized spacial score (nSPS) is 11.5. The van der Waals surface area contributed by atoms with Crippen molar-refractivity contribution in [2.24, 2.45) is 0 Å². The maximum atomic E-state index is 12.4. The van der Waals surface area contributed by atoms with Gasteiger partial charge in [0.1, 0.15) is 11.5 Å². The third kappa shape index (κ3) is 5.44. The van der Waals surface area contributed by atoms with E-state index in [1.807, 2.05) is 24.3 Å². The van der Waals surface area contributed by atoms with Gasteiger partial charge in [-0.3, -0.25) is 10.1 Å². The summed E-state index contributed by atoms with van der Waals surface area (Å²) in [5.74, 6) is -0.217. The lowest BCUT2D eigenvalue weighted by Crippen LogP contribution is -2.23. The van der Waals surface area contributed by atoms with E-state index in [0.29, 0.717) is 24.0 Å². The van der Waals surface area contributed by atoms with Gasteiger partial charge in [0.15, 0.2) is 9.84 Å². The number of anilines is 1. The van der Waals surface area contributed by atoms with Crippen molar-refractivity contribution in [2.45, 2.75) is 31.1 Å². The first-order chi connectivity index (χ1) is 14.3. The fourth-order valence-corrected chi connectivity index (χ4v) is 3.90. The van der Waals surface area contributed by atoms with E-state index in [9.17, 15) is 13.2 Å². The summed E-state index contributed by atoms with van der Waals surface area (Å²) in [6.07, 6.45) is 0.408. The van der Waals surface area contributed by atoms with Crippen molar-refractivity contribution >= 4 is 21.8 Å². The Morgan fingerprint density at radius 3 is 2.33 bits per heavy atom. The van der Waals surface area contributed by atoms with Crippen molar-refractivity contribution < 1.29 is 22.4 Å². The number of carbonyl (C=O) groups is 1. The molecule has 0 unspecified atom stereocenters. The molecule has 0 atom stereocenters. The molecule has 0 radical (unpaired) electrons. The van der Waals surface area contributed by atoms with Gasteiger partial charge in [-0.15, -0.1) is 5.10 Å². The highest BCUT2D eigenvalue weighted by atomic mass is 32.2. The van der Waals surface area contributed by atoms with Crippen LogP contribution in [-0.2, 0) is 21.1 Å². The Bertz CT molecular complexity index is 1100. The Hall–Kier alpha value is -3.20. The Kier molecular flexibility index (Phi) is 6.51. The summed E-state index contributed by atoms with van der Waals surface area (Å²) >= 11 is 0. The van der Waals surface area contributed by atoms with Crippen molar-refractivity contribution in [3.8, 4) is 5.75 Å². The van der Waals surface area contributed by atoms with Crippen molar-refractivity contribution in [2.75, 3.05) is 18.2 Å². The van der Waals surface area contributed by atoms with E-state index in [2.05, 4.69) is 29.4 Å². The molecule has 1 N–H and O–H groups in total. The van der Waals surface area contributed by atoms with Gasteiger partial charge in [0.25, 0.3) is 0 Å². The van der Waals surface area contributed by atoms with Crippen LogP contribution >= 0.6 is 0 Å². The Labute approximate surface area is 175 Å². The minimum atomic E-state index is -3.81. The van der Waals surface area contributed by atoms with E-state index < -0.39 is 21.5 Å². The number of amides is 1. The van der Waals surface area contributed by atoms with Gasteiger partial charge in [0.05, 0.1) is 18.4 Å². The summed E-state index contributed by atoms with van der Waals surface area (Å²) in [6.45, 7) is 4.24. The van der Waals surface area contributed by atoms with Crippen LogP contribution in [0.15, 0.2) is 57.8 Å². The topological polar surface area (TPSA) is 111 Å². The van der Waals surface area contributed by atoms with Crippen molar-refractivity contribution in [3.05, 3.63) is 65.5 Å². The quantitative estimate of drug-likeness (QED) is 0.585. The molecule has 30 heavy (non-hydrogen) atoms. The van der Waals surface area contributed by atoms with E-state index in [4.69, 9.17) is 9.15 Å². The Balaban J connectivity index is 1.60. The van der Waals surface area contributed by atoms with Crippen LogP contribution in [0.4, 0.5) is 6.01 Å². The molecule has 1 heterocycles. The molecule has 0 saturated heterocycles. The number of ether oxygens (including phenoxy) is 1. The van der Waals surface area contributed by atoms with Crippen LogP contribution in [-0.4, -0.2) is 37.4 Å². The van der Waals surface area contributed by atoms with E-state index in [1.165, 1.54) is 36.9 Å². The monoisotopic (exact) mass is 429 g/mol. The molecule has 0 saturated carbocycles. The zero-order valence-corrected chi connectivity index (χ0v) is 17.8. The standard InChI is InChI=1S/C21H23N3O5S/c1-14(2)16-6-4-15(5-7-16)12-20-23-24-21(29-20)22-19(25)13-30(26,27)18-10-8-17(28-3)9-11-18/h4-11,14H,12-13H2,1-3H3,(H,22,24,25). The van der Waals surface area contributed by atoms with Crippen LogP contribution in [0.25, 0.3) is 0 Å². The van der Waals surface area contributed by atoms with E-state index >= 15 is 0 Å². The maximum Gasteiger partial charge on any atom is 0.322 e. The van der Waals surface area contributed by atoms with Crippen molar-refractivity contribution in [3.63, 3.8) is 0 Å². The molecule has 0 aliphatic heterocycles. The summed E-state index contributed by atoms with van der Waals surface area (Å²) in [6, 6.07) is 13.7. The molecule has 0 aliphatic rings. The third-order valence-electron chi connectivity index (χ3n) is 4.45. The number of sulfone groups is 1. The minimum Gasteiger partial charge on any atom is -0.497 e.